The summed E-state index contributed by atoms with van der Waals surface area (Å²) in [7, 11) is 0. The van der Waals surface area contributed by atoms with E-state index in [-0.39, 0.29) is 18.0 Å². The summed E-state index contributed by atoms with van der Waals surface area (Å²) < 4.78 is 30.0. The van der Waals surface area contributed by atoms with E-state index in [4.69, 9.17) is 13.7 Å². The average Bonchev–Trinajstić information content (AvgIpc) is 3.26. The molecule has 126 valence electrons. The first-order chi connectivity index (χ1) is 11.7. The smallest absolute Gasteiger partial charge is 0.255 e. The Morgan fingerprint density at radius 2 is 2.21 bits per heavy atom. The molecule has 4 rings (SSSR count). The van der Waals surface area contributed by atoms with Crippen molar-refractivity contribution in [3.63, 3.8) is 0 Å². The van der Waals surface area contributed by atoms with Gasteiger partial charge in [-0.25, -0.2) is 4.39 Å². The van der Waals surface area contributed by atoms with Crippen molar-refractivity contribution in [2.75, 3.05) is 6.54 Å². The van der Waals surface area contributed by atoms with E-state index in [1.165, 1.54) is 12.1 Å². The van der Waals surface area contributed by atoms with Crippen molar-refractivity contribution in [3.8, 4) is 0 Å². The lowest BCUT2D eigenvalue weighted by molar-refractivity contribution is 0.0262. The van der Waals surface area contributed by atoms with Gasteiger partial charge < -0.3 is 19.0 Å². The molecule has 0 bridgehead atoms. The fourth-order valence-electron chi connectivity index (χ4n) is 2.99. The Balaban J connectivity index is 1.29. The number of benzene rings is 1. The highest BCUT2D eigenvalue weighted by atomic mass is 19.1. The van der Waals surface area contributed by atoms with Crippen molar-refractivity contribution in [3.05, 3.63) is 47.6 Å². The van der Waals surface area contributed by atoms with E-state index in [9.17, 15) is 4.39 Å². The second-order valence-corrected chi connectivity index (χ2v) is 6.03. The Labute approximate surface area is 138 Å². The molecular formula is C17H18FN3O3. The van der Waals surface area contributed by atoms with Crippen LogP contribution in [-0.4, -0.2) is 22.8 Å². The van der Waals surface area contributed by atoms with Gasteiger partial charge in [-0.05, 0) is 44.0 Å². The third-order valence-electron chi connectivity index (χ3n) is 4.13. The number of rotatable bonds is 5. The molecule has 1 saturated heterocycles. The van der Waals surface area contributed by atoms with E-state index in [0.29, 0.717) is 30.4 Å². The molecule has 2 aromatic heterocycles. The maximum Gasteiger partial charge on any atom is 0.255 e. The Morgan fingerprint density at radius 1 is 1.29 bits per heavy atom. The number of ether oxygens (including phenoxy) is 1. The molecule has 0 spiro atoms. The van der Waals surface area contributed by atoms with Crippen LogP contribution in [0.2, 0.25) is 0 Å². The lowest BCUT2D eigenvalue weighted by Crippen LogP contribution is -2.25. The van der Waals surface area contributed by atoms with Crippen molar-refractivity contribution in [2.45, 2.75) is 38.5 Å². The summed E-state index contributed by atoms with van der Waals surface area (Å²) in [6.07, 6.45) is 1.79. The third kappa shape index (κ3) is 3.18. The van der Waals surface area contributed by atoms with Crippen LogP contribution >= 0.6 is 0 Å². The Hall–Kier alpha value is -2.25. The lowest BCUT2D eigenvalue weighted by Gasteiger charge is -2.11. The molecule has 0 radical (unpaired) electrons. The first-order valence-corrected chi connectivity index (χ1v) is 8.02. The summed E-state index contributed by atoms with van der Waals surface area (Å²) in [6, 6.07) is 6.37. The largest absolute Gasteiger partial charge is 0.460 e. The highest BCUT2D eigenvalue weighted by molar-refractivity contribution is 5.77. The highest BCUT2D eigenvalue weighted by Crippen LogP contribution is 2.31. The summed E-state index contributed by atoms with van der Waals surface area (Å²) in [5, 5.41) is 7.89. The first-order valence-electron chi connectivity index (χ1n) is 8.02. The van der Waals surface area contributed by atoms with Gasteiger partial charge in [0.15, 0.2) is 5.82 Å². The molecule has 7 heteroatoms. The van der Waals surface area contributed by atoms with Gasteiger partial charge in [0.05, 0.1) is 12.6 Å². The van der Waals surface area contributed by atoms with Crippen LogP contribution in [0, 0.1) is 12.7 Å². The molecule has 1 fully saturated rings. The number of fused-ring (bicyclic) bond motifs is 1. The first kappa shape index (κ1) is 15.3. The van der Waals surface area contributed by atoms with Crippen molar-refractivity contribution < 1.29 is 18.1 Å². The Bertz CT molecular complexity index is 845. The number of aromatic nitrogens is 2. The fraction of sp³-hybridized carbons (Fsp3) is 0.412. The molecule has 0 saturated carbocycles. The minimum atomic E-state index is -0.260. The number of aryl methyl sites for hydroxylation is 1. The van der Waals surface area contributed by atoms with Gasteiger partial charge in [-0.2, -0.15) is 4.98 Å². The molecule has 2 atom stereocenters. The number of hydrogen-bond acceptors (Lipinski definition) is 6. The highest BCUT2D eigenvalue weighted by Gasteiger charge is 2.30. The van der Waals surface area contributed by atoms with Crippen LogP contribution in [0.5, 0.6) is 0 Å². The topological polar surface area (TPSA) is 73.3 Å². The number of furan rings is 1. The number of hydrogen-bond donors (Lipinski definition) is 1. The van der Waals surface area contributed by atoms with Crippen molar-refractivity contribution in [1.29, 1.82) is 0 Å². The van der Waals surface area contributed by atoms with Crippen molar-refractivity contribution >= 4 is 11.0 Å². The SMILES string of the molecule is Cc1noc([C@@H]2CC[C@H](CNCc3cc4cc(F)ccc4o3)O2)n1. The number of nitrogens with one attached hydrogen (secondary N) is 1. The normalized spacial score (nSPS) is 20.9. The maximum absolute atomic E-state index is 13.2. The van der Waals surface area contributed by atoms with Crippen molar-refractivity contribution in [2.24, 2.45) is 0 Å². The number of nitrogens with zero attached hydrogens (tertiary/aromatic N) is 2. The summed E-state index contributed by atoms with van der Waals surface area (Å²) in [5.41, 5.74) is 0.692. The van der Waals surface area contributed by atoms with Gasteiger partial charge in [-0.1, -0.05) is 5.16 Å². The zero-order chi connectivity index (χ0) is 16.5. The second-order valence-electron chi connectivity index (χ2n) is 6.03. The average molecular weight is 331 g/mol. The van der Waals surface area contributed by atoms with Gasteiger partial charge in [-0.15, -0.1) is 0 Å². The zero-order valence-electron chi connectivity index (χ0n) is 13.3. The van der Waals surface area contributed by atoms with Crippen LogP contribution in [-0.2, 0) is 11.3 Å². The van der Waals surface area contributed by atoms with Gasteiger partial charge in [0, 0.05) is 11.9 Å². The Kier molecular flexibility index (Phi) is 4.03. The molecular weight excluding hydrogens is 313 g/mol. The van der Waals surface area contributed by atoms with Gasteiger partial charge >= 0.3 is 0 Å². The summed E-state index contributed by atoms with van der Waals surface area (Å²) >= 11 is 0. The molecule has 3 heterocycles. The third-order valence-corrected chi connectivity index (χ3v) is 4.13. The predicted octanol–water partition coefficient (Wildman–Crippen LogP) is 3.27. The summed E-state index contributed by atoms with van der Waals surface area (Å²) in [6.45, 7) is 3.07. The minimum absolute atomic E-state index is 0.101. The van der Waals surface area contributed by atoms with Gasteiger partial charge in [0.1, 0.15) is 23.3 Å². The quantitative estimate of drug-likeness (QED) is 0.773. The molecule has 0 amide bonds. The van der Waals surface area contributed by atoms with Crippen LogP contribution in [0.3, 0.4) is 0 Å². The maximum atomic E-state index is 13.2. The Morgan fingerprint density at radius 3 is 3.04 bits per heavy atom. The van der Waals surface area contributed by atoms with Crippen LogP contribution < -0.4 is 5.32 Å². The van der Waals surface area contributed by atoms with Crippen LogP contribution in [0.25, 0.3) is 11.0 Å². The van der Waals surface area contributed by atoms with Gasteiger partial charge in [0.2, 0.25) is 0 Å². The standard InChI is InChI=1S/C17H18FN3O3/c1-10-20-17(24-21-10)16-5-3-13(22-16)8-19-9-14-7-11-6-12(18)2-4-15(11)23-14/h2,4,6-7,13,16,19H,3,5,8-9H2,1H3/t13-,16+/m1/s1. The van der Waals surface area contributed by atoms with Crippen LogP contribution in [0.1, 0.15) is 36.4 Å². The molecule has 1 aliphatic rings. The van der Waals surface area contributed by atoms with E-state index >= 15 is 0 Å². The molecule has 1 aromatic carbocycles. The van der Waals surface area contributed by atoms with E-state index in [0.717, 1.165) is 24.0 Å². The molecule has 0 aliphatic carbocycles. The minimum Gasteiger partial charge on any atom is -0.460 e. The summed E-state index contributed by atoms with van der Waals surface area (Å²) in [5.74, 6) is 1.69. The van der Waals surface area contributed by atoms with Crippen LogP contribution in [0.4, 0.5) is 4.39 Å². The molecule has 0 unspecified atom stereocenters. The molecule has 6 nitrogen and oxygen atoms in total. The lowest BCUT2D eigenvalue weighted by atomic mass is 10.2. The monoisotopic (exact) mass is 331 g/mol. The van der Waals surface area contributed by atoms with Crippen molar-refractivity contribution in [1.82, 2.24) is 15.5 Å². The molecule has 1 aliphatic heterocycles. The summed E-state index contributed by atoms with van der Waals surface area (Å²) in [4.78, 5) is 4.22. The molecule has 1 N–H and O–H groups in total. The van der Waals surface area contributed by atoms with E-state index in [1.54, 1.807) is 13.0 Å². The van der Waals surface area contributed by atoms with E-state index in [2.05, 4.69) is 15.5 Å². The zero-order valence-corrected chi connectivity index (χ0v) is 13.3. The molecule has 24 heavy (non-hydrogen) atoms. The van der Waals surface area contributed by atoms with E-state index < -0.39 is 0 Å². The van der Waals surface area contributed by atoms with Gasteiger partial charge in [0.25, 0.3) is 5.89 Å². The van der Waals surface area contributed by atoms with Crippen LogP contribution in [0.15, 0.2) is 33.2 Å². The predicted molar refractivity (Wildman–Crippen MR) is 83.8 cm³/mol. The molecule has 3 aromatic rings. The fourth-order valence-corrected chi connectivity index (χ4v) is 2.99. The number of halogens is 1. The second kappa shape index (κ2) is 6.33. The van der Waals surface area contributed by atoms with Gasteiger partial charge in [-0.3, -0.25) is 0 Å². The van der Waals surface area contributed by atoms with E-state index in [1.807, 2.05) is 6.07 Å².